The largest absolute Gasteiger partial charge is 0.497 e. The molecule has 1 aromatic heterocycles. The molecule has 0 aliphatic heterocycles. The summed E-state index contributed by atoms with van der Waals surface area (Å²) in [6.07, 6.45) is 4.28. The third-order valence-electron chi connectivity index (χ3n) is 3.19. The van der Waals surface area contributed by atoms with Gasteiger partial charge in [0, 0.05) is 11.6 Å². The topological polar surface area (TPSA) is 74.5 Å². The van der Waals surface area contributed by atoms with Gasteiger partial charge in [-0.3, -0.25) is 0 Å². The van der Waals surface area contributed by atoms with Crippen LogP contribution in [0.1, 0.15) is 5.56 Å². The minimum absolute atomic E-state index is 0.408. The van der Waals surface area contributed by atoms with E-state index in [4.69, 9.17) is 13.9 Å². The molecule has 0 saturated carbocycles. The standard InChI is InChI=1S/C18H14N2O4/c1-22-16-4-2-3-13(11-16)5-10-17(21)24-15-8-6-14(7-9-15)18-20-19-12-23-18/h2-12H,1H3. The summed E-state index contributed by atoms with van der Waals surface area (Å²) < 4.78 is 15.5. The van der Waals surface area contributed by atoms with Crippen LogP contribution in [-0.4, -0.2) is 23.3 Å². The Morgan fingerprint density at radius 2 is 1.96 bits per heavy atom. The van der Waals surface area contributed by atoms with Crippen molar-refractivity contribution in [2.45, 2.75) is 0 Å². The summed E-state index contributed by atoms with van der Waals surface area (Å²) in [5.41, 5.74) is 1.59. The number of aromatic nitrogens is 2. The van der Waals surface area contributed by atoms with Crippen molar-refractivity contribution in [3.63, 3.8) is 0 Å². The van der Waals surface area contributed by atoms with Gasteiger partial charge in [0.15, 0.2) is 0 Å². The Labute approximate surface area is 138 Å². The molecule has 2 aromatic carbocycles. The fourth-order valence-corrected chi connectivity index (χ4v) is 2.02. The summed E-state index contributed by atoms with van der Waals surface area (Å²) in [6, 6.07) is 14.2. The summed E-state index contributed by atoms with van der Waals surface area (Å²) in [7, 11) is 1.59. The van der Waals surface area contributed by atoms with Crippen LogP contribution in [-0.2, 0) is 4.79 Å². The second-order valence-electron chi connectivity index (χ2n) is 4.80. The molecule has 0 aliphatic carbocycles. The lowest BCUT2D eigenvalue weighted by atomic mass is 10.2. The number of methoxy groups -OCH3 is 1. The molecule has 0 fully saturated rings. The molecule has 1 heterocycles. The summed E-state index contributed by atoms with van der Waals surface area (Å²) in [4.78, 5) is 11.9. The molecule has 0 saturated heterocycles. The highest BCUT2D eigenvalue weighted by molar-refractivity contribution is 5.88. The van der Waals surface area contributed by atoms with Gasteiger partial charge in [0.1, 0.15) is 11.5 Å². The molecule has 3 aromatic rings. The lowest BCUT2D eigenvalue weighted by Gasteiger charge is -2.02. The molecule has 0 amide bonds. The van der Waals surface area contributed by atoms with E-state index in [2.05, 4.69) is 10.2 Å². The van der Waals surface area contributed by atoms with E-state index in [1.807, 2.05) is 24.3 Å². The van der Waals surface area contributed by atoms with Crippen LogP contribution in [0.3, 0.4) is 0 Å². The van der Waals surface area contributed by atoms with Crippen LogP contribution in [0, 0.1) is 0 Å². The highest BCUT2D eigenvalue weighted by atomic mass is 16.5. The van der Waals surface area contributed by atoms with Gasteiger partial charge < -0.3 is 13.9 Å². The number of rotatable bonds is 5. The molecule has 0 spiro atoms. The Bertz CT molecular complexity index is 840. The first kappa shape index (κ1) is 15.5. The van der Waals surface area contributed by atoms with Gasteiger partial charge in [-0.25, -0.2) is 4.79 Å². The van der Waals surface area contributed by atoms with Gasteiger partial charge in [-0.2, -0.15) is 0 Å². The lowest BCUT2D eigenvalue weighted by molar-refractivity contribution is -0.128. The second kappa shape index (κ2) is 7.23. The van der Waals surface area contributed by atoms with Crippen LogP contribution in [0.25, 0.3) is 17.5 Å². The highest BCUT2D eigenvalue weighted by Crippen LogP contribution is 2.20. The normalized spacial score (nSPS) is 10.7. The third kappa shape index (κ3) is 3.86. The molecule has 0 atom stereocenters. The van der Waals surface area contributed by atoms with Gasteiger partial charge in [0.2, 0.25) is 12.3 Å². The predicted octanol–water partition coefficient (Wildman–Crippen LogP) is 3.36. The van der Waals surface area contributed by atoms with Crippen molar-refractivity contribution in [3.8, 4) is 23.0 Å². The molecule has 3 rings (SSSR count). The van der Waals surface area contributed by atoms with Gasteiger partial charge in [-0.1, -0.05) is 12.1 Å². The fraction of sp³-hybridized carbons (Fsp3) is 0.0556. The van der Waals surface area contributed by atoms with E-state index < -0.39 is 5.97 Å². The monoisotopic (exact) mass is 322 g/mol. The number of ether oxygens (including phenoxy) is 2. The first-order valence-corrected chi connectivity index (χ1v) is 7.15. The summed E-state index contributed by atoms with van der Waals surface area (Å²) in [5, 5.41) is 7.42. The van der Waals surface area contributed by atoms with Crippen LogP contribution in [0.15, 0.2) is 65.4 Å². The Kier molecular flexibility index (Phi) is 4.67. The Morgan fingerprint density at radius 1 is 1.12 bits per heavy atom. The average Bonchev–Trinajstić information content (AvgIpc) is 3.15. The van der Waals surface area contributed by atoms with Crippen molar-refractivity contribution in [1.82, 2.24) is 10.2 Å². The fourth-order valence-electron chi connectivity index (χ4n) is 2.02. The Hall–Kier alpha value is -3.41. The molecular formula is C18H14N2O4. The minimum atomic E-state index is -0.469. The molecule has 0 bridgehead atoms. The SMILES string of the molecule is COc1cccc(C=CC(=O)Oc2ccc(-c3nnco3)cc2)c1. The van der Waals surface area contributed by atoms with Gasteiger partial charge in [-0.15, -0.1) is 10.2 Å². The molecule has 24 heavy (non-hydrogen) atoms. The molecule has 120 valence electrons. The number of esters is 1. The number of benzene rings is 2. The molecule has 6 heteroatoms. The zero-order valence-electron chi connectivity index (χ0n) is 12.9. The van der Waals surface area contributed by atoms with Crippen molar-refractivity contribution < 1.29 is 18.7 Å². The van der Waals surface area contributed by atoms with Crippen LogP contribution >= 0.6 is 0 Å². The molecule has 0 N–H and O–H groups in total. The van der Waals surface area contributed by atoms with E-state index in [1.54, 1.807) is 37.5 Å². The van der Waals surface area contributed by atoms with E-state index in [0.29, 0.717) is 11.6 Å². The zero-order valence-corrected chi connectivity index (χ0v) is 12.9. The highest BCUT2D eigenvalue weighted by Gasteiger charge is 2.05. The number of carbonyl (C=O) groups excluding carboxylic acids is 1. The molecule has 0 unspecified atom stereocenters. The molecule has 0 aliphatic rings. The number of hydrogen-bond acceptors (Lipinski definition) is 6. The van der Waals surface area contributed by atoms with Crippen molar-refractivity contribution in [2.75, 3.05) is 7.11 Å². The summed E-state index contributed by atoms with van der Waals surface area (Å²) in [5.74, 6) is 1.09. The van der Waals surface area contributed by atoms with E-state index in [0.717, 1.165) is 16.9 Å². The third-order valence-corrected chi connectivity index (χ3v) is 3.19. The minimum Gasteiger partial charge on any atom is -0.497 e. The number of hydrogen-bond donors (Lipinski definition) is 0. The van der Waals surface area contributed by atoms with Gasteiger partial charge in [0.05, 0.1) is 7.11 Å². The van der Waals surface area contributed by atoms with Crippen LogP contribution in [0.4, 0.5) is 0 Å². The van der Waals surface area contributed by atoms with Crippen molar-refractivity contribution in [1.29, 1.82) is 0 Å². The maximum absolute atomic E-state index is 11.9. The Morgan fingerprint density at radius 3 is 2.67 bits per heavy atom. The van der Waals surface area contributed by atoms with E-state index >= 15 is 0 Å². The first-order chi connectivity index (χ1) is 11.7. The Balaban J connectivity index is 1.63. The summed E-state index contributed by atoms with van der Waals surface area (Å²) >= 11 is 0. The van der Waals surface area contributed by atoms with Crippen molar-refractivity contribution in [3.05, 3.63) is 66.6 Å². The second-order valence-corrected chi connectivity index (χ2v) is 4.80. The maximum Gasteiger partial charge on any atom is 0.336 e. The maximum atomic E-state index is 11.9. The average molecular weight is 322 g/mol. The van der Waals surface area contributed by atoms with E-state index in [9.17, 15) is 4.79 Å². The number of nitrogens with zero attached hydrogens (tertiary/aromatic N) is 2. The lowest BCUT2D eigenvalue weighted by Crippen LogP contribution is -2.03. The molecule has 0 radical (unpaired) electrons. The van der Waals surface area contributed by atoms with Crippen molar-refractivity contribution in [2.24, 2.45) is 0 Å². The molecular weight excluding hydrogens is 308 g/mol. The van der Waals surface area contributed by atoms with E-state index in [1.165, 1.54) is 12.5 Å². The predicted molar refractivity (Wildman–Crippen MR) is 87.4 cm³/mol. The summed E-state index contributed by atoms with van der Waals surface area (Å²) in [6.45, 7) is 0. The van der Waals surface area contributed by atoms with Gasteiger partial charge in [0.25, 0.3) is 0 Å². The first-order valence-electron chi connectivity index (χ1n) is 7.15. The quantitative estimate of drug-likeness (QED) is 0.407. The van der Waals surface area contributed by atoms with Crippen LogP contribution in [0.2, 0.25) is 0 Å². The number of carbonyl (C=O) groups is 1. The molecule has 6 nitrogen and oxygen atoms in total. The smallest absolute Gasteiger partial charge is 0.336 e. The zero-order chi connectivity index (χ0) is 16.8. The van der Waals surface area contributed by atoms with Crippen LogP contribution in [0.5, 0.6) is 11.5 Å². The van der Waals surface area contributed by atoms with Gasteiger partial charge in [-0.05, 0) is 48.0 Å². The van der Waals surface area contributed by atoms with Gasteiger partial charge >= 0.3 is 5.97 Å². The van der Waals surface area contributed by atoms with Crippen molar-refractivity contribution >= 4 is 12.0 Å². The van der Waals surface area contributed by atoms with Crippen LogP contribution < -0.4 is 9.47 Å². The van der Waals surface area contributed by atoms with E-state index in [-0.39, 0.29) is 0 Å².